The molecule has 0 aliphatic heterocycles. The van der Waals surface area contributed by atoms with Gasteiger partial charge in [0, 0.05) is 21.2 Å². The lowest BCUT2D eigenvalue weighted by Gasteiger charge is -2.05. The third-order valence-electron chi connectivity index (χ3n) is 0.725. The summed E-state index contributed by atoms with van der Waals surface area (Å²) < 4.78 is 4.35. The minimum Gasteiger partial charge on any atom is -0.459 e. The third-order valence-corrected chi connectivity index (χ3v) is 0.975. The Bertz CT molecular complexity index is 185. The first-order valence-electron chi connectivity index (χ1n) is 3.07. The maximum Gasteiger partial charge on any atom is 0.384 e. The molecule has 11 heavy (non-hydrogen) atoms. The van der Waals surface area contributed by atoms with E-state index in [9.17, 15) is 4.79 Å². The minimum atomic E-state index is -0.455. The van der Waals surface area contributed by atoms with Gasteiger partial charge in [-0.3, -0.25) is 0 Å². The summed E-state index contributed by atoms with van der Waals surface area (Å²) in [5.74, 6) is 4.75. The minimum absolute atomic E-state index is 0. The lowest BCUT2D eigenvalue weighted by Crippen LogP contribution is -2.00. The first-order valence-corrected chi connectivity index (χ1v) is 4.07. The summed E-state index contributed by atoms with van der Waals surface area (Å²) in [4.78, 5) is 10.5. The van der Waals surface area contributed by atoms with Crippen LogP contribution in [0.1, 0.15) is 13.8 Å². The molecule has 2 nitrogen and oxygen atoms in total. The standard InChI is InChI=1S/C7H12O2Si.ClH/c1-7(2,10)5-4-6(8)9-3;/h1-3,10H3;1H. The highest BCUT2D eigenvalue weighted by Crippen LogP contribution is 2.14. The molecule has 4 heteroatoms. The van der Waals surface area contributed by atoms with Gasteiger partial charge in [0.1, 0.15) is 0 Å². The largest absolute Gasteiger partial charge is 0.459 e. The van der Waals surface area contributed by atoms with Gasteiger partial charge >= 0.3 is 5.97 Å². The van der Waals surface area contributed by atoms with Gasteiger partial charge in [0.25, 0.3) is 0 Å². The molecule has 0 aliphatic rings. The summed E-state index contributed by atoms with van der Waals surface area (Å²) in [7, 11) is 2.29. The fourth-order valence-electron chi connectivity index (χ4n) is 0.290. The summed E-state index contributed by atoms with van der Waals surface area (Å²) in [6, 6.07) is 0. The summed E-state index contributed by atoms with van der Waals surface area (Å²) in [6.45, 7) is 3.99. The van der Waals surface area contributed by atoms with Crippen LogP contribution in [0.15, 0.2) is 0 Å². The third kappa shape index (κ3) is 9.54. The van der Waals surface area contributed by atoms with E-state index in [1.807, 2.05) is 13.8 Å². The maximum absolute atomic E-state index is 10.5. The molecule has 0 spiro atoms. The topological polar surface area (TPSA) is 26.3 Å². The van der Waals surface area contributed by atoms with Crippen molar-refractivity contribution in [2.45, 2.75) is 18.9 Å². The Kier molecular flexibility index (Phi) is 6.24. The first-order chi connectivity index (χ1) is 4.45. The fraction of sp³-hybridized carbons (Fsp3) is 0.571. The van der Waals surface area contributed by atoms with Gasteiger partial charge in [0.05, 0.1) is 7.11 Å². The summed E-state index contributed by atoms with van der Waals surface area (Å²) in [5, 5.41) is 0.00812. The smallest absolute Gasteiger partial charge is 0.384 e. The van der Waals surface area contributed by atoms with Gasteiger partial charge in [-0.15, -0.1) is 12.4 Å². The van der Waals surface area contributed by atoms with E-state index >= 15 is 0 Å². The number of methoxy groups -OCH3 is 1. The van der Waals surface area contributed by atoms with Crippen LogP contribution in [0.2, 0.25) is 5.04 Å². The van der Waals surface area contributed by atoms with E-state index in [0.717, 1.165) is 10.2 Å². The predicted molar refractivity (Wildman–Crippen MR) is 51.0 cm³/mol. The molecule has 64 valence electrons. The molecule has 0 aromatic heterocycles. The second kappa shape index (κ2) is 5.22. The lowest BCUT2D eigenvalue weighted by atomic mass is 10.2. The number of hydrogen-bond donors (Lipinski definition) is 0. The normalized spacial score (nSPS) is 9.00. The van der Waals surface area contributed by atoms with Crippen LogP contribution in [-0.4, -0.2) is 23.3 Å². The average molecular weight is 193 g/mol. The SMILES string of the molecule is COC(=O)C#CC(C)(C)[SiH3].Cl. The predicted octanol–water partition coefficient (Wildman–Crippen LogP) is 0.148. The van der Waals surface area contributed by atoms with Gasteiger partial charge < -0.3 is 4.74 Å². The number of esters is 1. The van der Waals surface area contributed by atoms with Crippen molar-refractivity contribution in [1.29, 1.82) is 0 Å². The van der Waals surface area contributed by atoms with Crippen molar-refractivity contribution < 1.29 is 9.53 Å². The van der Waals surface area contributed by atoms with Crippen molar-refractivity contribution in [2.24, 2.45) is 0 Å². The van der Waals surface area contributed by atoms with Crippen LogP contribution in [0.25, 0.3) is 0 Å². The van der Waals surface area contributed by atoms with Crippen molar-refractivity contribution in [3.05, 3.63) is 0 Å². The van der Waals surface area contributed by atoms with E-state index in [0.29, 0.717) is 0 Å². The van der Waals surface area contributed by atoms with Crippen molar-refractivity contribution in [3.8, 4) is 11.8 Å². The van der Waals surface area contributed by atoms with Crippen LogP contribution in [0, 0.1) is 11.8 Å². The molecular formula is C7H13ClO2Si. The van der Waals surface area contributed by atoms with Crippen LogP contribution >= 0.6 is 12.4 Å². The highest BCUT2D eigenvalue weighted by Gasteiger charge is 2.04. The quantitative estimate of drug-likeness (QED) is 0.236. The summed E-state index contributed by atoms with van der Waals surface area (Å²) >= 11 is 0. The average Bonchev–Trinajstić information content (AvgIpc) is 1.81. The van der Waals surface area contributed by atoms with Gasteiger partial charge in [-0.05, 0) is 0 Å². The molecule has 0 saturated carbocycles. The van der Waals surface area contributed by atoms with Crippen LogP contribution in [0.3, 0.4) is 0 Å². The Hall–Kier alpha value is -0.463. The maximum atomic E-state index is 10.5. The highest BCUT2D eigenvalue weighted by atomic mass is 35.5. The van der Waals surface area contributed by atoms with E-state index < -0.39 is 5.97 Å². The number of hydrogen-bond acceptors (Lipinski definition) is 2. The monoisotopic (exact) mass is 192 g/mol. The second-order valence-electron chi connectivity index (χ2n) is 2.99. The zero-order chi connectivity index (χ0) is 8.20. The molecule has 0 atom stereocenters. The van der Waals surface area contributed by atoms with Gasteiger partial charge in [-0.25, -0.2) is 4.79 Å². The van der Waals surface area contributed by atoms with E-state index in [1.54, 1.807) is 0 Å². The first kappa shape index (κ1) is 13.2. The second-order valence-corrected chi connectivity index (χ2v) is 5.49. The molecule has 0 aromatic rings. The highest BCUT2D eigenvalue weighted by molar-refractivity contribution is 6.17. The van der Waals surface area contributed by atoms with Gasteiger partial charge in [0.15, 0.2) is 0 Å². The molecule has 0 rings (SSSR count). The molecule has 0 aromatic carbocycles. The van der Waals surface area contributed by atoms with Gasteiger partial charge in [-0.1, -0.05) is 19.8 Å². The Labute approximate surface area is 76.5 Å². The molecule has 0 unspecified atom stereocenters. The number of rotatable bonds is 0. The van der Waals surface area contributed by atoms with Gasteiger partial charge in [0.2, 0.25) is 0 Å². The molecule has 0 saturated heterocycles. The molecule has 0 bridgehead atoms. The number of carbonyl (C=O) groups is 1. The van der Waals surface area contributed by atoms with Crippen LogP contribution < -0.4 is 0 Å². The summed E-state index contributed by atoms with van der Waals surface area (Å²) in [6.07, 6.45) is 0. The lowest BCUT2D eigenvalue weighted by molar-refractivity contribution is -0.133. The summed E-state index contributed by atoms with van der Waals surface area (Å²) in [5.41, 5.74) is 0. The number of ether oxygens (including phenoxy) is 1. The number of halogens is 1. The Morgan fingerprint density at radius 2 is 2.00 bits per heavy atom. The van der Waals surface area contributed by atoms with Crippen LogP contribution in [0.4, 0.5) is 0 Å². The van der Waals surface area contributed by atoms with Crippen molar-refractivity contribution in [3.63, 3.8) is 0 Å². The fourth-order valence-corrected chi connectivity index (χ4v) is 0.415. The molecular weight excluding hydrogens is 180 g/mol. The van der Waals surface area contributed by atoms with E-state index in [-0.39, 0.29) is 17.4 Å². The zero-order valence-corrected chi connectivity index (χ0v) is 10.0. The Balaban J connectivity index is 0. The van der Waals surface area contributed by atoms with Crippen LogP contribution in [0.5, 0.6) is 0 Å². The van der Waals surface area contributed by atoms with Gasteiger partial charge in [-0.2, -0.15) is 0 Å². The molecule has 0 N–H and O–H groups in total. The molecule has 0 aliphatic carbocycles. The molecule has 0 heterocycles. The van der Waals surface area contributed by atoms with E-state index in [1.165, 1.54) is 7.11 Å². The van der Waals surface area contributed by atoms with Crippen molar-refractivity contribution in [1.82, 2.24) is 0 Å². The number of carbonyl (C=O) groups excluding carboxylic acids is 1. The van der Waals surface area contributed by atoms with E-state index in [2.05, 4.69) is 16.6 Å². The Morgan fingerprint density at radius 1 is 1.55 bits per heavy atom. The molecule has 0 fully saturated rings. The molecule has 0 amide bonds. The van der Waals surface area contributed by atoms with Crippen LogP contribution in [-0.2, 0) is 9.53 Å². The van der Waals surface area contributed by atoms with Crippen molar-refractivity contribution >= 4 is 28.6 Å². The zero-order valence-electron chi connectivity index (χ0n) is 7.22. The van der Waals surface area contributed by atoms with Crippen molar-refractivity contribution in [2.75, 3.05) is 7.11 Å². The molecule has 0 radical (unpaired) electrons. The van der Waals surface area contributed by atoms with E-state index in [4.69, 9.17) is 0 Å². The Morgan fingerprint density at radius 3 is 2.27 bits per heavy atom.